The van der Waals surface area contributed by atoms with Gasteiger partial charge in [-0.3, -0.25) is 14.5 Å². The van der Waals surface area contributed by atoms with Crippen molar-refractivity contribution in [3.8, 4) is 6.07 Å². The Balaban J connectivity index is 1.72. The Morgan fingerprint density at radius 2 is 2.11 bits per heavy atom. The molecule has 2 aliphatic rings. The fourth-order valence-corrected chi connectivity index (χ4v) is 4.37. The van der Waals surface area contributed by atoms with Crippen LogP contribution in [0.25, 0.3) is 16.7 Å². The van der Waals surface area contributed by atoms with Crippen LogP contribution in [0.3, 0.4) is 0 Å². The molecule has 1 atom stereocenters. The lowest BCUT2D eigenvalue weighted by Gasteiger charge is -2.39. The number of aryl methyl sites for hydroxylation is 1. The number of aromatic nitrogens is 2. The van der Waals surface area contributed by atoms with Gasteiger partial charge in [0.25, 0.3) is 5.91 Å². The highest BCUT2D eigenvalue weighted by Gasteiger charge is 2.49. The summed E-state index contributed by atoms with van der Waals surface area (Å²) in [4.78, 5) is 31.0. The number of anilines is 1. The third kappa shape index (κ3) is 2.19. The number of imidazole rings is 1. The Labute approximate surface area is 160 Å². The molecule has 3 aromatic rings. The molecule has 5 rings (SSSR count). The van der Waals surface area contributed by atoms with Gasteiger partial charge in [0, 0.05) is 6.54 Å². The van der Waals surface area contributed by atoms with Crippen LogP contribution < -0.4 is 15.5 Å². The van der Waals surface area contributed by atoms with Crippen LogP contribution in [0.4, 0.5) is 10.6 Å². The van der Waals surface area contributed by atoms with Gasteiger partial charge in [-0.1, -0.05) is 12.1 Å². The molecule has 1 unspecified atom stereocenters. The van der Waals surface area contributed by atoms with E-state index < -0.39 is 11.6 Å². The van der Waals surface area contributed by atoms with Gasteiger partial charge in [0.15, 0.2) is 5.65 Å². The van der Waals surface area contributed by atoms with Crippen molar-refractivity contribution >= 4 is 34.4 Å². The standard InChI is InChI=1S/C20H18N6O2/c1-12-9-16(25-8-4-7-20(11-25)18(27)23-19(28)24-20)26-15-6-3-2-5-14(15)22-17(26)13(12)10-21/h2-3,5-6,9H,4,7-8,11H2,1H3,(H2,23,24,27,28). The second kappa shape index (κ2) is 5.70. The monoisotopic (exact) mass is 374 g/mol. The van der Waals surface area contributed by atoms with Gasteiger partial charge < -0.3 is 10.2 Å². The Morgan fingerprint density at radius 3 is 2.86 bits per heavy atom. The molecule has 2 saturated heterocycles. The minimum Gasteiger partial charge on any atom is -0.355 e. The molecule has 8 heteroatoms. The molecule has 1 aromatic carbocycles. The van der Waals surface area contributed by atoms with Crippen LogP contribution in [0.5, 0.6) is 0 Å². The second-order valence-corrected chi connectivity index (χ2v) is 7.45. The van der Waals surface area contributed by atoms with Crippen LogP contribution in [-0.4, -0.2) is 40.0 Å². The molecule has 0 radical (unpaired) electrons. The maximum Gasteiger partial charge on any atom is 0.322 e. The molecule has 2 N–H and O–H groups in total. The van der Waals surface area contributed by atoms with Crippen molar-refractivity contribution in [2.24, 2.45) is 0 Å². The number of fused-ring (bicyclic) bond motifs is 3. The van der Waals surface area contributed by atoms with Crippen molar-refractivity contribution in [3.63, 3.8) is 0 Å². The largest absolute Gasteiger partial charge is 0.355 e. The molecule has 4 heterocycles. The van der Waals surface area contributed by atoms with E-state index in [2.05, 4.69) is 26.6 Å². The van der Waals surface area contributed by atoms with E-state index in [-0.39, 0.29) is 5.91 Å². The summed E-state index contributed by atoms with van der Waals surface area (Å²) < 4.78 is 1.98. The van der Waals surface area contributed by atoms with Gasteiger partial charge in [-0.15, -0.1) is 0 Å². The van der Waals surface area contributed by atoms with Crippen LogP contribution in [0.2, 0.25) is 0 Å². The predicted molar refractivity (Wildman–Crippen MR) is 103 cm³/mol. The molecule has 2 aliphatic heterocycles. The smallest absolute Gasteiger partial charge is 0.322 e. The highest BCUT2D eigenvalue weighted by atomic mass is 16.2. The van der Waals surface area contributed by atoms with E-state index in [1.54, 1.807) is 0 Å². The molecule has 28 heavy (non-hydrogen) atoms. The average Bonchev–Trinajstić information content (AvgIpc) is 3.18. The normalized spacial score (nSPS) is 21.9. The molecule has 0 saturated carbocycles. The SMILES string of the molecule is Cc1cc(N2CCCC3(C2)NC(=O)NC3=O)n2c(nc3ccccc32)c1C#N. The van der Waals surface area contributed by atoms with Gasteiger partial charge in [0.2, 0.25) is 0 Å². The summed E-state index contributed by atoms with van der Waals surface area (Å²) in [5, 5.41) is 14.8. The summed E-state index contributed by atoms with van der Waals surface area (Å²) in [5.74, 6) is 0.590. The molecule has 8 nitrogen and oxygen atoms in total. The number of para-hydroxylation sites is 2. The number of carbonyl (C=O) groups is 2. The van der Waals surface area contributed by atoms with Gasteiger partial charge >= 0.3 is 6.03 Å². The lowest BCUT2D eigenvalue weighted by molar-refractivity contribution is -0.124. The number of pyridine rings is 1. The number of imide groups is 1. The maximum absolute atomic E-state index is 12.4. The Bertz CT molecular complexity index is 1210. The topological polar surface area (TPSA) is 103 Å². The van der Waals surface area contributed by atoms with Crippen LogP contribution in [0.15, 0.2) is 30.3 Å². The number of rotatable bonds is 1. The summed E-state index contributed by atoms with van der Waals surface area (Å²) in [6, 6.07) is 11.5. The van der Waals surface area contributed by atoms with Crippen molar-refractivity contribution in [1.29, 1.82) is 5.26 Å². The molecule has 0 bridgehead atoms. The third-order valence-corrected chi connectivity index (χ3v) is 5.70. The zero-order valence-corrected chi connectivity index (χ0v) is 15.3. The van der Waals surface area contributed by atoms with Crippen LogP contribution in [0, 0.1) is 18.3 Å². The third-order valence-electron chi connectivity index (χ3n) is 5.70. The van der Waals surface area contributed by atoms with Crippen molar-refractivity contribution in [1.82, 2.24) is 20.0 Å². The summed E-state index contributed by atoms with van der Waals surface area (Å²) in [6.45, 7) is 3.01. The van der Waals surface area contributed by atoms with Gasteiger partial charge in [-0.05, 0) is 43.5 Å². The van der Waals surface area contributed by atoms with E-state index in [4.69, 9.17) is 0 Å². The summed E-state index contributed by atoms with van der Waals surface area (Å²) in [5.41, 5.74) is 2.78. The minimum absolute atomic E-state index is 0.278. The van der Waals surface area contributed by atoms with Gasteiger partial charge in [0.1, 0.15) is 17.4 Å². The zero-order chi connectivity index (χ0) is 19.5. The molecule has 1 spiro atoms. The molecule has 3 amide bonds. The number of benzene rings is 1. The minimum atomic E-state index is -0.917. The highest BCUT2D eigenvalue weighted by molar-refractivity contribution is 6.07. The molecule has 140 valence electrons. The first-order chi connectivity index (χ1) is 13.5. The number of amides is 3. The fraction of sp³-hybridized carbons (Fsp3) is 0.300. The average molecular weight is 374 g/mol. The number of carbonyl (C=O) groups excluding carboxylic acids is 2. The summed E-state index contributed by atoms with van der Waals surface area (Å²) >= 11 is 0. The molecular formula is C20H18N6O2. The number of piperidine rings is 1. The lowest BCUT2D eigenvalue weighted by atomic mass is 9.89. The molecule has 2 fully saturated rings. The number of nitriles is 1. The van der Waals surface area contributed by atoms with E-state index in [1.807, 2.05) is 41.7 Å². The first-order valence-corrected chi connectivity index (χ1v) is 9.22. The lowest BCUT2D eigenvalue weighted by Crippen LogP contribution is -2.59. The quantitative estimate of drug-likeness (QED) is 0.633. The van der Waals surface area contributed by atoms with E-state index in [0.29, 0.717) is 24.2 Å². The van der Waals surface area contributed by atoms with E-state index >= 15 is 0 Å². The van der Waals surface area contributed by atoms with Gasteiger partial charge in [-0.25, -0.2) is 9.78 Å². The van der Waals surface area contributed by atoms with Crippen molar-refractivity contribution in [3.05, 3.63) is 41.5 Å². The Morgan fingerprint density at radius 1 is 1.29 bits per heavy atom. The summed E-state index contributed by atoms with van der Waals surface area (Å²) in [6.07, 6.45) is 1.37. The van der Waals surface area contributed by atoms with Crippen LogP contribution in [0.1, 0.15) is 24.0 Å². The van der Waals surface area contributed by atoms with Crippen LogP contribution >= 0.6 is 0 Å². The number of hydrogen-bond donors (Lipinski definition) is 2. The molecule has 0 aliphatic carbocycles. The predicted octanol–water partition coefficient (Wildman–Crippen LogP) is 1.85. The number of nitrogens with one attached hydrogen (secondary N) is 2. The number of hydrogen-bond acceptors (Lipinski definition) is 5. The second-order valence-electron chi connectivity index (χ2n) is 7.45. The first kappa shape index (κ1) is 16.6. The Hall–Kier alpha value is -3.60. The van der Waals surface area contributed by atoms with E-state index in [0.717, 1.165) is 35.4 Å². The molecule has 2 aromatic heterocycles. The molecular weight excluding hydrogens is 356 g/mol. The van der Waals surface area contributed by atoms with Gasteiger partial charge in [-0.2, -0.15) is 5.26 Å². The van der Waals surface area contributed by atoms with Crippen molar-refractivity contribution < 1.29 is 9.59 Å². The first-order valence-electron chi connectivity index (χ1n) is 9.22. The van der Waals surface area contributed by atoms with Crippen molar-refractivity contribution in [2.45, 2.75) is 25.3 Å². The van der Waals surface area contributed by atoms with Crippen molar-refractivity contribution in [2.75, 3.05) is 18.0 Å². The maximum atomic E-state index is 12.4. The fourth-order valence-electron chi connectivity index (χ4n) is 4.37. The number of urea groups is 1. The number of nitrogens with zero attached hydrogens (tertiary/aromatic N) is 4. The zero-order valence-electron chi connectivity index (χ0n) is 15.3. The van der Waals surface area contributed by atoms with Gasteiger partial charge in [0.05, 0.1) is 23.1 Å². The Kier molecular flexibility index (Phi) is 3.37. The summed E-state index contributed by atoms with van der Waals surface area (Å²) in [7, 11) is 0. The van der Waals surface area contributed by atoms with Crippen LogP contribution in [-0.2, 0) is 4.79 Å². The highest BCUT2D eigenvalue weighted by Crippen LogP contribution is 2.33. The van der Waals surface area contributed by atoms with E-state index in [1.165, 1.54) is 0 Å². The van der Waals surface area contributed by atoms with E-state index in [9.17, 15) is 14.9 Å².